The molecule has 1 rings (SSSR count). The van der Waals surface area contributed by atoms with Crippen molar-refractivity contribution in [1.82, 2.24) is 0 Å². The van der Waals surface area contributed by atoms with E-state index < -0.39 is 0 Å². The van der Waals surface area contributed by atoms with Crippen molar-refractivity contribution in [3.63, 3.8) is 0 Å². The molecule has 0 aliphatic heterocycles. The van der Waals surface area contributed by atoms with Gasteiger partial charge in [0, 0.05) is 0 Å². The number of hydrogen-bond acceptors (Lipinski definition) is 0. The Hall–Kier alpha value is -0.780. The topological polar surface area (TPSA) is 0 Å². The Labute approximate surface area is 114 Å². The van der Waals surface area contributed by atoms with Crippen molar-refractivity contribution in [2.24, 2.45) is 11.8 Å². The molecule has 0 heteroatoms. The lowest BCUT2D eigenvalue weighted by atomic mass is 9.98. The number of benzene rings is 1. The Morgan fingerprint density at radius 3 is 1.61 bits per heavy atom. The van der Waals surface area contributed by atoms with Crippen LogP contribution in [0.4, 0.5) is 0 Å². The standard InChI is InChI=1S/C18H30/c1-15(2)8-5-10-17-12-7-13-18(14-17)11-6-9-16(3)4/h7,12-16H,5-6,8-11H2,1-4H3. The van der Waals surface area contributed by atoms with Crippen LogP contribution < -0.4 is 0 Å². The van der Waals surface area contributed by atoms with Gasteiger partial charge in [0.2, 0.25) is 0 Å². The SMILES string of the molecule is CC(C)CCCc1cccc(CCCC(C)C)c1. The molecular formula is C18H30. The lowest BCUT2D eigenvalue weighted by Crippen LogP contribution is -1.94. The van der Waals surface area contributed by atoms with Crippen LogP contribution in [0.1, 0.15) is 64.5 Å². The van der Waals surface area contributed by atoms with Gasteiger partial charge < -0.3 is 0 Å². The molecule has 0 saturated heterocycles. The molecule has 0 amide bonds. The molecule has 1 aromatic carbocycles. The van der Waals surface area contributed by atoms with Gasteiger partial charge in [-0.25, -0.2) is 0 Å². The van der Waals surface area contributed by atoms with Crippen molar-refractivity contribution < 1.29 is 0 Å². The van der Waals surface area contributed by atoms with Crippen molar-refractivity contribution in [3.8, 4) is 0 Å². The summed E-state index contributed by atoms with van der Waals surface area (Å²) in [6.07, 6.45) is 7.84. The first-order valence-electron chi connectivity index (χ1n) is 7.65. The van der Waals surface area contributed by atoms with Gasteiger partial charge in [0.05, 0.1) is 0 Å². The van der Waals surface area contributed by atoms with Gasteiger partial charge in [0.15, 0.2) is 0 Å². The Morgan fingerprint density at radius 1 is 0.778 bits per heavy atom. The quantitative estimate of drug-likeness (QED) is 0.556. The zero-order chi connectivity index (χ0) is 13.4. The molecule has 0 radical (unpaired) electrons. The van der Waals surface area contributed by atoms with Gasteiger partial charge >= 0.3 is 0 Å². The summed E-state index contributed by atoms with van der Waals surface area (Å²) < 4.78 is 0. The molecule has 0 N–H and O–H groups in total. The zero-order valence-electron chi connectivity index (χ0n) is 12.7. The van der Waals surface area contributed by atoms with Crippen molar-refractivity contribution in [2.75, 3.05) is 0 Å². The van der Waals surface area contributed by atoms with Gasteiger partial charge in [-0.2, -0.15) is 0 Å². The summed E-state index contributed by atoms with van der Waals surface area (Å²) in [4.78, 5) is 0. The van der Waals surface area contributed by atoms with E-state index in [9.17, 15) is 0 Å². The zero-order valence-corrected chi connectivity index (χ0v) is 12.7. The molecular weight excluding hydrogens is 216 g/mol. The first-order chi connectivity index (χ1) is 8.58. The smallest absolute Gasteiger partial charge is 0.0279 e. The Bertz CT molecular complexity index is 293. The molecule has 0 aliphatic rings. The highest BCUT2D eigenvalue weighted by molar-refractivity contribution is 5.23. The summed E-state index contributed by atoms with van der Waals surface area (Å²) in [7, 11) is 0. The second kappa shape index (κ2) is 8.34. The van der Waals surface area contributed by atoms with Crippen LogP contribution in [0.2, 0.25) is 0 Å². The summed E-state index contributed by atoms with van der Waals surface area (Å²) in [6, 6.07) is 9.22. The molecule has 0 saturated carbocycles. The second-order valence-electron chi connectivity index (χ2n) is 6.39. The summed E-state index contributed by atoms with van der Waals surface area (Å²) >= 11 is 0. The van der Waals surface area contributed by atoms with Crippen molar-refractivity contribution >= 4 is 0 Å². The Balaban J connectivity index is 2.36. The minimum Gasteiger partial charge on any atom is -0.0628 e. The molecule has 0 bridgehead atoms. The molecule has 0 atom stereocenters. The van der Waals surface area contributed by atoms with Crippen LogP contribution >= 0.6 is 0 Å². The minimum absolute atomic E-state index is 0.833. The average Bonchev–Trinajstić information content (AvgIpc) is 2.28. The van der Waals surface area contributed by atoms with E-state index >= 15 is 0 Å². The maximum Gasteiger partial charge on any atom is -0.0279 e. The number of aryl methyl sites for hydroxylation is 2. The van der Waals surface area contributed by atoms with Gasteiger partial charge in [-0.05, 0) is 48.6 Å². The molecule has 0 heterocycles. The monoisotopic (exact) mass is 246 g/mol. The maximum atomic E-state index is 2.42. The van der Waals surface area contributed by atoms with E-state index in [1.165, 1.54) is 49.7 Å². The van der Waals surface area contributed by atoms with Gasteiger partial charge in [-0.15, -0.1) is 0 Å². The van der Waals surface area contributed by atoms with Crippen molar-refractivity contribution in [1.29, 1.82) is 0 Å². The highest BCUT2D eigenvalue weighted by Crippen LogP contribution is 2.14. The first-order valence-corrected chi connectivity index (χ1v) is 7.65. The van der Waals surface area contributed by atoms with E-state index in [4.69, 9.17) is 0 Å². The van der Waals surface area contributed by atoms with E-state index in [0.29, 0.717) is 0 Å². The van der Waals surface area contributed by atoms with E-state index in [1.807, 2.05) is 0 Å². The van der Waals surface area contributed by atoms with Gasteiger partial charge in [0.25, 0.3) is 0 Å². The number of hydrogen-bond donors (Lipinski definition) is 0. The van der Waals surface area contributed by atoms with Gasteiger partial charge in [0.1, 0.15) is 0 Å². The Kier molecular flexibility index (Phi) is 7.08. The fraction of sp³-hybridized carbons (Fsp3) is 0.667. The van der Waals surface area contributed by atoms with E-state index in [2.05, 4.69) is 52.0 Å². The summed E-state index contributed by atoms with van der Waals surface area (Å²) in [5.41, 5.74) is 3.05. The number of rotatable bonds is 8. The molecule has 0 aromatic heterocycles. The molecule has 0 unspecified atom stereocenters. The highest BCUT2D eigenvalue weighted by atomic mass is 14.1. The van der Waals surface area contributed by atoms with Gasteiger partial charge in [-0.1, -0.05) is 64.8 Å². The first kappa shape index (κ1) is 15.3. The summed E-state index contributed by atoms with van der Waals surface area (Å²) in [6.45, 7) is 9.23. The summed E-state index contributed by atoms with van der Waals surface area (Å²) in [5.74, 6) is 1.67. The minimum atomic E-state index is 0.833. The summed E-state index contributed by atoms with van der Waals surface area (Å²) in [5, 5.41) is 0. The predicted octanol–water partition coefficient (Wildman–Crippen LogP) is 5.64. The fourth-order valence-electron chi connectivity index (χ4n) is 2.37. The predicted molar refractivity (Wildman–Crippen MR) is 82.0 cm³/mol. The normalized spacial score (nSPS) is 11.4. The van der Waals surface area contributed by atoms with Crippen LogP contribution in [0.15, 0.2) is 24.3 Å². The van der Waals surface area contributed by atoms with E-state index in [1.54, 1.807) is 0 Å². The van der Waals surface area contributed by atoms with Crippen LogP contribution in [0.25, 0.3) is 0 Å². The molecule has 102 valence electrons. The van der Waals surface area contributed by atoms with Crippen LogP contribution in [-0.2, 0) is 12.8 Å². The van der Waals surface area contributed by atoms with E-state index in [0.717, 1.165) is 11.8 Å². The third-order valence-electron chi connectivity index (χ3n) is 3.49. The third-order valence-corrected chi connectivity index (χ3v) is 3.49. The van der Waals surface area contributed by atoms with E-state index in [-0.39, 0.29) is 0 Å². The van der Waals surface area contributed by atoms with Crippen LogP contribution in [0, 0.1) is 11.8 Å². The van der Waals surface area contributed by atoms with Crippen LogP contribution in [0.3, 0.4) is 0 Å². The fourth-order valence-corrected chi connectivity index (χ4v) is 2.37. The Morgan fingerprint density at radius 2 is 1.22 bits per heavy atom. The lowest BCUT2D eigenvalue weighted by molar-refractivity contribution is 0.553. The molecule has 0 spiro atoms. The maximum absolute atomic E-state index is 2.42. The average molecular weight is 246 g/mol. The second-order valence-corrected chi connectivity index (χ2v) is 6.39. The molecule has 18 heavy (non-hydrogen) atoms. The van der Waals surface area contributed by atoms with Crippen molar-refractivity contribution in [3.05, 3.63) is 35.4 Å². The molecule has 0 aliphatic carbocycles. The molecule has 0 nitrogen and oxygen atoms in total. The molecule has 0 fully saturated rings. The van der Waals surface area contributed by atoms with Crippen molar-refractivity contribution in [2.45, 2.75) is 66.2 Å². The third kappa shape index (κ3) is 6.83. The van der Waals surface area contributed by atoms with Gasteiger partial charge in [-0.3, -0.25) is 0 Å². The lowest BCUT2D eigenvalue weighted by Gasteiger charge is -2.08. The van der Waals surface area contributed by atoms with Crippen LogP contribution in [0.5, 0.6) is 0 Å². The largest absolute Gasteiger partial charge is 0.0628 e. The van der Waals surface area contributed by atoms with Crippen LogP contribution in [-0.4, -0.2) is 0 Å². The highest BCUT2D eigenvalue weighted by Gasteiger charge is 2.00. The molecule has 1 aromatic rings.